The van der Waals surface area contributed by atoms with Gasteiger partial charge in [-0.15, -0.1) is 0 Å². The largest absolute Gasteiger partial charge is 0.462 e. The predicted molar refractivity (Wildman–Crippen MR) is 348 cm³/mol. The number of ether oxygens (including phenoxy) is 3. The average Bonchev–Trinajstić information content (AvgIpc) is 3.46. The third kappa shape index (κ3) is 65.1. The Balaban J connectivity index is 4.14. The monoisotopic (exact) mass is 1110 g/mol. The molecule has 80 heavy (non-hydrogen) atoms. The van der Waals surface area contributed by atoms with Crippen LogP contribution in [0.15, 0.2) is 97.2 Å². The second-order valence-corrected chi connectivity index (χ2v) is 22.7. The molecule has 0 spiro atoms. The van der Waals surface area contributed by atoms with Crippen LogP contribution in [-0.2, 0) is 28.6 Å². The summed E-state index contributed by atoms with van der Waals surface area (Å²) >= 11 is 0. The molecule has 0 saturated carbocycles. The van der Waals surface area contributed by atoms with Crippen molar-refractivity contribution in [3.63, 3.8) is 0 Å². The number of hydrogen-bond acceptors (Lipinski definition) is 6. The lowest BCUT2D eigenvalue weighted by Crippen LogP contribution is -2.30. The number of allylic oxidation sites excluding steroid dienone is 16. The minimum absolute atomic E-state index is 0.0761. The average molecular weight is 1110 g/mol. The standard InChI is InChI=1S/C74H128O6/c1-4-7-10-13-16-19-21-23-25-27-29-31-33-35-36-37-38-40-41-43-45-47-49-51-53-55-58-61-64-67-73(76)79-70-71(69-78-72(75)66-63-60-57-18-15-12-9-6-3)80-74(77)68-65-62-59-56-54-52-50-48-46-44-42-39-34-32-30-28-26-24-22-20-17-14-11-8-5-2/h7,10,16,19,22-25,28-31,34-36,39,71H,4-6,8-9,11-15,17-18,20-21,26-27,32-33,37-38,40-70H2,1-3H3/b10-7-,19-16-,24-22-,25-23-,30-28-,31-29-,36-35-,39-34-. The first-order valence-electron chi connectivity index (χ1n) is 34.2. The molecule has 0 fully saturated rings. The van der Waals surface area contributed by atoms with Gasteiger partial charge >= 0.3 is 17.9 Å². The summed E-state index contributed by atoms with van der Waals surface area (Å²) in [6.07, 6.45) is 91.6. The molecule has 1 unspecified atom stereocenters. The summed E-state index contributed by atoms with van der Waals surface area (Å²) in [5.41, 5.74) is 0. The zero-order valence-electron chi connectivity index (χ0n) is 52.8. The molecule has 0 heterocycles. The topological polar surface area (TPSA) is 78.9 Å². The highest BCUT2D eigenvalue weighted by molar-refractivity contribution is 5.71. The maximum Gasteiger partial charge on any atom is 0.306 e. The molecule has 0 amide bonds. The fourth-order valence-corrected chi connectivity index (χ4v) is 9.71. The van der Waals surface area contributed by atoms with E-state index in [0.29, 0.717) is 19.3 Å². The minimum atomic E-state index is -0.778. The third-order valence-electron chi connectivity index (χ3n) is 14.8. The Kier molecular flexibility index (Phi) is 64.7. The SMILES string of the molecule is CC/C=C\C/C=C\C/C=C\C/C=C\C/C=C\CCCCCCCCCCCCCCCC(=O)OCC(COC(=O)CCCCCCCCCC)OC(=O)CCCCCCCCCCCC/C=C\C/C=C\C/C=C\CCCCCCC. The fraction of sp³-hybridized carbons (Fsp3) is 0.743. The lowest BCUT2D eigenvalue weighted by Gasteiger charge is -2.18. The van der Waals surface area contributed by atoms with Gasteiger partial charge < -0.3 is 14.2 Å². The quantitative estimate of drug-likeness (QED) is 0.0261. The summed E-state index contributed by atoms with van der Waals surface area (Å²) in [5, 5.41) is 0. The first-order chi connectivity index (χ1) is 39.5. The van der Waals surface area contributed by atoms with E-state index in [2.05, 4.69) is 118 Å². The van der Waals surface area contributed by atoms with Crippen LogP contribution in [0.2, 0.25) is 0 Å². The van der Waals surface area contributed by atoms with E-state index in [1.807, 2.05) is 0 Å². The van der Waals surface area contributed by atoms with E-state index < -0.39 is 6.10 Å². The molecule has 0 aromatic carbocycles. The van der Waals surface area contributed by atoms with Crippen LogP contribution < -0.4 is 0 Å². The van der Waals surface area contributed by atoms with Gasteiger partial charge in [-0.25, -0.2) is 0 Å². The normalized spacial score (nSPS) is 12.7. The smallest absolute Gasteiger partial charge is 0.306 e. The number of carbonyl (C=O) groups is 3. The molecular weight excluding hydrogens is 985 g/mol. The van der Waals surface area contributed by atoms with Crippen LogP contribution in [0.25, 0.3) is 0 Å². The minimum Gasteiger partial charge on any atom is -0.462 e. The molecule has 1 atom stereocenters. The molecule has 0 aliphatic carbocycles. The molecule has 0 N–H and O–H groups in total. The Hall–Kier alpha value is -3.67. The highest BCUT2D eigenvalue weighted by atomic mass is 16.6. The van der Waals surface area contributed by atoms with Crippen LogP contribution in [-0.4, -0.2) is 37.2 Å². The van der Waals surface area contributed by atoms with Gasteiger partial charge in [-0.2, -0.15) is 0 Å². The number of hydrogen-bond donors (Lipinski definition) is 0. The second-order valence-electron chi connectivity index (χ2n) is 22.7. The van der Waals surface area contributed by atoms with E-state index in [9.17, 15) is 14.4 Å². The maximum atomic E-state index is 12.9. The van der Waals surface area contributed by atoms with Gasteiger partial charge in [0.15, 0.2) is 6.10 Å². The van der Waals surface area contributed by atoms with Crippen molar-refractivity contribution in [2.45, 2.75) is 341 Å². The summed E-state index contributed by atoms with van der Waals surface area (Å²) in [6.45, 7) is 6.51. The van der Waals surface area contributed by atoms with Gasteiger partial charge in [-0.1, -0.05) is 311 Å². The van der Waals surface area contributed by atoms with Crippen molar-refractivity contribution in [1.29, 1.82) is 0 Å². The van der Waals surface area contributed by atoms with Crippen LogP contribution in [0.3, 0.4) is 0 Å². The van der Waals surface area contributed by atoms with E-state index >= 15 is 0 Å². The summed E-state index contributed by atoms with van der Waals surface area (Å²) in [4.78, 5) is 38.2. The van der Waals surface area contributed by atoms with Gasteiger partial charge in [-0.3, -0.25) is 14.4 Å². The van der Waals surface area contributed by atoms with Crippen LogP contribution in [0.4, 0.5) is 0 Å². The van der Waals surface area contributed by atoms with Crippen molar-refractivity contribution in [2.75, 3.05) is 13.2 Å². The summed E-state index contributed by atoms with van der Waals surface area (Å²) in [6, 6.07) is 0. The van der Waals surface area contributed by atoms with Crippen molar-refractivity contribution in [1.82, 2.24) is 0 Å². The third-order valence-corrected chi connectivity index (χ3v) is 14.8. The van der Waals surface area contributed by atoms with Crippen LogP contribution in [0.1, 0.15) is 335 Å². The van der Waals surface area contributed by atoms with Gasteiger partial charge in [0, 0.05) is 19.3 Å². The van der Waals surface area contributed by atoms with Crippen molar-refractivity contribution >= 4 is 17.9 Å². The van der Waals surface area contributed by atoms with Gasteiger partial charge in [0.05, 0.1) is 0 Å². The van der Waals surface area contributed by atoms with Crippen molar-refractivity contribution in [3.05, 3.63) is 97.2 Å². The zero-order chi connectivity index (χ0) is 57.8. The summed E-state index contributed by atoms with van der Waals surface area (Å²) in [5.74, 6) is -0.873. The summed E-state index contributed by atoms with van der Waals surface area (Å²) in [7, 11) is 0. The Morgan fingerprint density at radius 2 is 0.487 bits per heavy atom. The lowest BCUT2D eigenvalue weighted by atomic mass is 10.0. The fourth-order valence-electron chi connectivity index (χ4n) is 9.71. The molecule has 0 aliphatic heterocycles. The predicted octanol–water partition coefficient (Wildman–Crippen LogP) is 23.6. The Morgan fingerprint density at radius 1 is 0.263 bits per heavy atom. The van der Waals surface area contributed by atoms with Crippen LogP contribution in [0.5, 0.6) is 0 Å². The zero-order valence-corrected chi connectivity index (χ0v) is 52.8. The van der Waals surface area contributed by atoms with E-state index in [-0.39, 0.29) is 31.1 Å². The van der Waals surface area contributed by atoms with Gasteiger partial charge in [0.25, 0.3) is 0 Å². The Morgan fingerprint density at radius 3 is 0.762 bits per heavy atom. The molecular formula is C74H128O6. The lowest BCUT2D eigenvalue weighted by molar-refractivity contribution is -0.167. The van der Waals surface area contributed by atoms with Crippen LogP contribution in [0, 0.1) is 0 Å². The highest BCUT2D eigenvalue weighted by Crippen LogP contribution is 2.17. The van der Waals surface area contributed by atoms with Crippen molar-refractivity contribution < 1.29 is 28.6 Å². The van der Waals surface area contributed by atoms with Gasteiger partial charge in [-0.05, 0) is 103 Å². The molecule has 6 heteroatoms. The molecule has 0 bridgehead atoms. The molecule has 0 rings (SSSR count). The first-order valence-corrected chi connectivity index (χ1v) is 34.2. The molecule has 0 aromatic rings. The number of rotatable bonds is 62. The van der Waals surface area contributed by atoms with Crippen molar-refractivity contribution in [2.24, 2.45) is 0 Å². The van der Waals surface area contributed by atoms with Gasteiger partial charge in [0.2, 0.25) is 0 Å². The van der Waals surface area contributed by atoms with E-state index in [4.69, 9.17) is 14.2 Å². The molecule has 0 aromatic heterocycles. The molecule has 0 aliphatic rings. The molecule has 0 radical (unpaired) electrons. The first kappa shape index (κ1) is 76.3. The molecule has 6 nitrogen and oxygen atoms in total. The highest BCUT2D eigenvalue weighted by Gasteiger charge is 2.19. The van der Waals surface area contributed by atoms with Crippen LogP contribution >= 0.6 is 0 Å². The number of carbonyl (C=O) groups excluding carboxylic acids is 3. The molecule has 0 saturated heterocycles. The van der Waals surface area contributed by atoms with Crippen molar-refractivity contribution in [3.8, 4) is 0 Å². The van der Waals surface area contributed by atoms with E-state index in [0.717, 1.165) is 103 Å². The summed E-state index contributed by atoms with van der Waals surface area (Å²) < 4.78 is 16.9. The molecule has 460 valence electrons. The van der Waals surface area contributed by atoms with E-state index in [1.165, 1.54) is 193 Å². The number of unbranched alkanes of at least 4 members (excludes halogenated alkanes) is 35. The Labute approximate surface area is 496 Å². The maximum absolute atomic E-state index is 12.9. The van der Waals surface area contributed by atoms with E-state index in [1.54, 1.807) is 0 Å². The Bertz CT molecular complexity index is 1560. The number of esters is 3. The second kappa shape index (κ2) is 67.8. The van der Waals surface area contributed by atoms with Gasteiger partial charge in [0.1, 0.15) is 13.2 Å².